The second-order valence-corrected chi connectivity index (χ2v) is 7.59. The molecule has 2 heterocycles. The van der Waals surface area contributed by atoms with Crippen LogP contribution in [0.5, 0.6) is 5.75 Å². The molecule has 0 aromatic heterocycles. The highest BCUT2D eigenvalue weighted by molar-refractivity contribution is 6.45. The highest BCUT2D eigenvalue weighted by atomic mass is 35.5. The minimum absolute atomic E-state index is 0.282. The van der Waals surface area contributed by atoms with Gasteiger partial charge in [-0.25, -0.2) is 4.90 Å². The number of amides is 2. The molecule has 1 fully saturated rings. The average molecular weight is 411 g/mol. The number of hydrogen-bond acceptors (Lipinski definition) is 4. The summed E-state index contributed by atoms with van der Waals surface area (Å²) in [5.41, 5.74) is 2.15. The van der Waals surface area contributed by atoms with Gasteiger partial charge in [0.2, 0.25) is 0 Å². The summed E-state index contributed by atoms with van der Waals surface area (Å²) in [6.45, 7) is 3.96. The van der Waals surface area contributed by atoms with Crippen molar-refractivity contribution in [3.05, 3.63) is 64.8 Å². The number of likely N-dealkylation sites (tertiary alicyclic amines) is 1. The van der Waals surface area contributed by atoms with Gasteiger partial charge >= 0.3 is 0 Å². The molecule has 2 aromatic carbocycles. The van der Waals surface area contributed by atoms with Crippen LogP contribution in [-0.2, 0) is 9.59 Å². The summed E-state index contributed by atoms with van der Waals surface area (Å²) in [5.74, 6) is 0.0344. The molecule has 2 aliphatic rings. The van der Waals surface area contributed by atoms with E-state index in [-0.39, 0.29) is 11.8 Å². The smallest absolute Gasteiger partial charge is 0.282 e. The first-order chi connectivity index (χ1) is 14.1. The lowest BCUT2D eigenvalue weighted by Gasteiger charge is -2.29. The zero-order valence-corrected chi connectivity index (χ0v) is 17.1. The minimum Gasteiger partial charge on any atom is -0.494 e. The fourth-order valence-electron chi connectivity index (χ4n) is 3.92. The van der Waals surface area contributed by atoms with Gasteiger partial charge in [0.15, 0.2) is 0 Å². The van der Waals surface area contributed by atoms with E-state index in [4.69, 9.17) is 16.3 Å². The Morgan fingerprint density at radius 2 is 1.69 bits per heavy atom. The predicted octanol–water partition coefficient (Wildman–Crippen LogP) is 4.51. The van der Waals surface area contributed by atoms with Crippen LogP contribution in [0, 0.1) is 0 Å². The van der Waals surface area contributed by atoms with Crippen LogP contribution in [0.25, 0.3) is 5.57 Å². The number of anilines is 1. The van der Waals surface area contributed by atoms with Crippen LogP contribution in [0.3, 0.4) is 0 Å². The molecule has 0 saturated carbocycles. The molecule has 5 nitrogen and oxygen atoms in total. The highest BCUT2D eigenvalue weighted by Gasteiger charge is 2.42. The van der Waals surface area contributed by atoms with Crippen molar-refractivity contribution in [1.29, 1.82) is 0 Å². The third-order valence-corrected chi connectivity index (χ3v) is 5.50. The van der Waals surface area contributed by atoms with Crippen molar-refractivity contribution in [2.45, 2.75) is 26.2 Å². The van der Waals surface area contributed by atoms with Crippen molar-refractivity contribution in [2.75, 3.05) is 24.6 Å². The van der Waals surface area contributed by atoms with E-state index in [0.29, 0.717) is 39.9 Å². The van der Waals surface area contributed by atoms with Gasteiger partial charge in [-0.3, -0.25) is 9.59 Å². The van der Waals surface area contributed by atoms with E-state index >= 15 is 0 Å². The van der Waals surface area contributed by atoms with Crippen molar-refractivity contribution < 1.29 is 14.3 Å². The number of piperidine rings is 1. The second kappa shape index (κ2) is 8.29. The number of nitrogens with zero attached hydrogens (tertiary/aromatic N) is 2. The Morgan fingerprint density at radius 1 is 0.966 bits per heavy atom. The number of carbonyl (C=O) groups is 2. The van der Waals surface area contributed by atoms with E-state index in [2.05, 4.69) is 4.90 Å². The Balaban J connectivity index is 1.79. The molecule has 0 bridgehead atoms. The maximum Gasteiger partial charge on any atom is 0.282 e. The molecule has 1 saturated heterocycles. The van der Waals surface area contributed by atoms with Crippen LogP contribution in [0.15, 0.2) is 54.2 Å². The molecule has 29 heavy (non-hydrogen) atoms. The lowest BCUT2D eigenvalue weighted by atomic mass is 10.0. The van der Waals surface area contributed by atoms with Gasteiger partial charge in [-0.1, -0.05) is 29.8 Å². The van der Waals surface area contributed by atoms with Gasteiger partial charge in [0.25, 0.3) is 11.8 Å². The summed E-state index contributed by atoms with van der Waals surface area (Å²) in [4.78, 5) is 30.3. The van der Waals surface area contributed by atoms with Gasteiger partial charge in [0.05, 0.1) is 17.9 Å². The Labute approximate surface area is 175 Å². The Morgan fingerprint density at radius 3 is 2.38 bits per heavy atom. The quantitative estimate of drug-likeness (QED) is 0.680. The van der Waals surface area contributed by atoms with E-state index < -0.39 is 0 Å². The van der Waals surface area contributed by atoms with E-state index in [9.17, 15) is 9.59 Å². The fourth-order valence-corrected chi connectivity index (χ4v) is 4.05. The predicted molar refractivity (Wildman–Crippen MR) is 114 cm³/mol. The lowest BCUT2D eigenvalue weighted by molar-refractivity contribution is -0.120. The number of benzene rings is 2. The number of rotatable bonds is 5. The van der Waals surface area contributed by atoms with E-state index in [1.807, 2.05) is 13.0 Å². The molecule has 150 valence electrons. The van der Waals surface area contributed by atoms with Crippen LogP contribution in [-0.4, -0.2) is 36.4 Å². The molecule has 6 heteroatoms. The maximum atomic E-state index is 13.5. The molecule has 2 amide bonds. The number of imide groups is 1. The lowest BCUT2D eigenvalue weighted by Crippen LogP contribution is -2.37. The number of carbonyl (C=O) groups excluding carboxylic acids is 2. The largest absolute Gasteiger partial charge is 0.494 e. The molecule has 0 N–H and O–H groups in total. The van der Waals surface area contributed by atoms with Gasteiger partial charge in [-0.05, 0) is 56.0 Å². The molecule has 2 aliphatic heterocycles. The third-order valence-electron chi connectivity index (χ3n) is 5.25. The van der Waals surface area contributed by atoms with Crippen molar-refractivity contribution >= 4 is 34.7 Å². The second-order valence-electron chi connectivity index (χ2n) is 7.15. The van der Waals surface area contributed by atoms with Gasteiger partial charge in [-0.15, -0.1) is 0 Å². The van der Waals surface area contributed by atoms with Crippen LogP contribution in [0.4, 0.5) is 5.69 Å². The van der Waals surface area contributed by atoms with E-state index in [1.165, 1.54) is 4.90 Å². The minimum atomic E-state index is -0.313. The average Bonchev–Trinajstić information content (AvgIpc) is 3.00. The summed E-state index contributed by atoms with van der Waals surface area (Å²) in [6, 6.07) is 14.2. The number of halogens is 1. The SMILES string of the molecule is CCOc1cccc(N2C(=O)C(c3ccc(Cl)cc3)=C(N3CCCCC3)C2=O)c1. The van der Waals surface area contributed by atoms with E-state index in [0.717, 1.165) is 32.4 Å². The normalized spacial score (nSPS) is 17.3. The Hall–Kier alpha value is -2.79. The van der Waals surface area contributed by atoms with Crippen LogP contribution < -0.4 is 9.64 Å². The third kappa shape index (κ3) is 3.75. The maximum absolute atomic E-state index is 13.5. The molecule has 0 atom stereocenters. The van der Waals surface area contributed by atoms with Crippen molar-refractivity contribution in [2.24, 2.45) is 0 Å². The standard InChI is InChI=1S/C23H23ClN2O3/c1-2-29-19-8-6-7-18(15-19)26-22(27)20(16-9-11-17(24)12-10-16)21(23(26)28)25-13-4-3-5-14-25/h6-12,15H,2-5,13-14H2,1H3. The summed E-state index contributed by atoms with van der Waals surface area (Å²) >= 11 is 6.04. The van der Waals surface area contributed by atoms with Gasteiger partial charge in [0, 0.05) is 24.2 Å². The van der Waals surface area contributed by atoms with Crippen LogP contribution >= 0.6 is 11.6 Å². The Bertz CT molecular complexity index is 962. The zero-order chi connectivity index (χ0) is 20.4. The van der Waals surface area contributed by atoms with Gasteiger partial charge in [-0.2, -0.15) is 0 Å². The van der Waals surface area contributed by atoms with Crippen molar-refractivity contribution in [1.82, 2.24) is 4.90 Å². The zero-order valence-electron chi connectivity index (χ0n) is 16.4. The van der Waals surface area contributed by atoms with Crippen LogP contribution in [0.2, 0.25) is 5.02 Å². The Kier molecular flexibility index (Phi) is 5.58. The first-order valence-corrected chi connectivity index (χ1v) is 10.3. The topological polar surface area (TPSA) is 49.9 Å². The fraction of sp³-hybridized carbons (Fsp3) is 0.304. The summed E-state index contributed by atoms with van der Waals surface area (Å²) < 4.78 is 5.56. The van der Waals surface area contributed by atoms with Crippen molar-refractivity contribution in [3.8, 4) is 5.75 Å². The van der Waals surface area contributed by atoms with E-state index in [1.54, 1.807) is 42.5 Å². The summed E-state index contributed by atoms with van der Waals surface area (Å²) in [5, 5.41) is 0.590. The first-order valence-electron chi connectivity index (χ1n) is 9.97. The van der Waals surface area contributed by atoms with Crippen molar-refractivity contribution in [3.63, 3.8) is 0 Å². The monoisotopic (exact) mass is 410 g/mol. The first kappa shape index (κ1) is 19.5. The molecule has 2 aromatic rings. The molecule has 0 aliphatic carbocycles. The van der Waals surface area contributed by atoms with Gasteiger partial charge < -0.3 is 9.64 Å². The molecule has 4 rings (SSSR count). The molecule has 0 radical (unpaired) electrons. The molecular weight excluding hydrogens is 388 g/mol. The molecule has 0 unspecified atom stereocenters. The molecule has 0 spiro atoms. The summed E-state index contributed by atoms with van der Waals surface area (Å²) in [6.07, 6.45) is 3.17. The highest BCUT2D eigenvalue weighted by Crippen LogP contribution is 2.37. The summed E-state index contributed by atoms with van der Waals surface area (Å²) in [7, 11) is 0. The number of hydrogen-bond donors (Lipinski definition) is 0. The molecular formula is C23H23ClN2O3. The number of ether oxygens (including phenoxy) is 1. The van der Waals surface area contributed by atoms with Crippen LogP contribution in [0.1, 0.15) is 31.7 Å². The van der Waals surface area contributed by atoms with Gasteiger partial charge in [0.1, 0.15) is 11.4 Å².